The summed E-state index contributed by atoms with van der Waals surface area (Å²) in [7, 11) is 1.65. The summed E-state index contributed by atoms with van der Waals surface area (Å²) in [5.74, 6) is -1.45. The van der Waals surface area contributed by atoms with Crippen molar-refractivity contribution in [2.24, 2.45) is 5.92 Å². The zero-order chi connectivity index (χ0) is 24.1. The van der Waals surface area contributed by atoms with Crippen molar-refractivity contribution in [3.8, 4) is 0 Å². The standard InChI is InChI=1S/C26H34O7/c1-18(2)13-14-20-25(3,33-20)24-23(30-4)19(15-16-26(24)17-31-26)32-22(29)12-10-8-6-5-7-9-11-21(27)28/h5-13,19-20,23-24H,14-17H2,1-4H3,(H,27,28)/b7-5+,8-6+,11-9+,12-10+/t19-,20+,23-,24-,25-,26+/m0/s1. The molecule has 3 fully saturated rings. The predicted octanol–water partition coefficient (Wildman–Crippen LogP) is 3.92. The van der Waals surface area contributed by atoms with E-state index >= 15 is 0 Å². The quantitative estimate of drug-likeness (QED) is 0.174. The number of aliphatic carboxylic acids is 1. The Kier molecular flexibility index (Phi) is 8.10. The fourth-order valence-corrected chi connectivity index (χ4v) is 4.79. The van der Waals surface area contributed by atoms with Gasteiger partial charge >= 0.3 is 11.9 Å². The largest absolute Gasteiger partial charge is 0.478 e. The minimum atomic E-state index is -1.00. The maximum atomic E-state index is 12.4. The van der Waals surface area contributed by atoms with E-state index in [2.05, 4.69) is 26.8 Å². The van der Waals surface area contributed by atoms with Crippen LogP contribution in [0.15, 0.2) is 60.3 Å². The molecule has 33 heavy (non-hydrogen) atoms. The monoisotopic (exact) mass is 458 g/mol. The molecule has 180 valence electrons. The van der Waals surface area contributed by atoms with E-state index in [1.165, 1.54) is 17.7 Å². The van der Waals surface area contributed by atoms with Crippen molar-refractivity contribution in [1.29, 1.82) is 0 Å². The first kappa shape index (κ1) is 25.1. The molecule has 3 rings (SSSR count). The number of carbonyl (C=O) groups is 2. The zero-order valence-electron chi connectivity index (χ0n) is 19.7. The van der Waals surface area contributed by atoms with E-state index < -0.39 is 11.9 Å². The van der Waals surface area contributed by atoms with E-state index in [-0.39, 0.29) is 35.4 Å². The molecule has 1 saturated carbocycles. The fourth-order valence-electron chi connectivity index (χ4n) is 4.79. The third-order valence-electron chi connectivity index (χ3n) is 6.53. The molecule has 1 aliphatic carbocycles. The average Bonchev–Trinajstić information content (AvgIpc) is 3.67. The van der Waals surface area contributed by atoms with E-state index in [1.54, 1.807) is 37.5 Å². The Morgan fingerprint density at radius 2 is 1.73 bits per heavy atom. The van der Waals surface area contributed by atoms with Crippen molar-refractivity contribution in [2.75, 3.05) is 13.7 Å². The van der Waals surface area contributed by atoms with Crippen LogP contribution >= 0.6 is 0 Å². The highest BCUT2D eigenvalue weighted by Gasteiger charge is 2.72. The lowest BCUT2D eigenvalue weighted by atomic mass is 9.68. The summed E-state index contributed by atoms with van der Waals surface area (Å²) < 4.78 is 23.8. The molecule has 1 spiro atoms. The van der Waals surface area contributed by atoms with E-state index in [9.17, 15) is 9.59 Å². The SMILES string of the molecule is CO[C@H]1[C@@H](OC(=O)/C=C/C=C/C=C/C=C/C(=O)O)CC[C@@]2(CO2)[C@@H]1[C@@]1(C)O[C@@H]1CC=C(C)C. The molecule has 0 unspecified atom stereocenters. The van der Waals surface area contributed by atoms with Gasteiger partial charge in [0.2, 0.25) is 0 Å². The van der Waals surface area contributed by atoms with Crippen LogP contribution in [0.25, 0.3) is 0 Å². The number of carboxylic acids is 1. The molecule has 0 aromatic carbocycles. The van der Waals surface area contributed by atoms with Crippen LogP contribution in [0.3, 0.4) is 0 Å². The van der Waals surface area contributed by atoms with Gasteiger partial charge in [-0.2, -0.15) is 0 Å². The smallest absolute Gasteiger partial charge is 0.331 e. The van der Waals surface area contributed by atoms with Gasteiger partial charge in [-0.05, 0) is 40.0 Å². The normalized spacial score (nSPS) is 35.6. The number of esters is 1. The second kappa shape index (κ2) is 10.6. The van der Waals surface area contributed by atoms with Gasteiger partial charge in [0.15, 0.2) is 0 Å². The molecular weight excluding hydrogens is 424 g/mol. The Bertz CT molecular complexity index is 873. The minimum absolute atomic E-state index is 0.00928. The van der Waals surface area contributed by atoms with Gasteiger partial charge in [-0.25, -0.2) is 9.59 Å². The van der Waals surface area contributed by atoms with Gasteiger partial charge in [0.05, 0.1) is 18.6 Å². The van der Waals surface area contributed by atoms with Crippen molar-refractivity contribution < 1.29 is 33.6 Å². The molecule has 1 N–H and O–H groups in total. The summed E-state index contributed by atoms with van der Waals surface area (Å²) in [6, 6.07) is 0. The molecular formula is C26H34O7. The van der Waals surface area contributed by atoms with Gasteiger partial charge in [-0.3, -0.25) is 0 Å². The third kappa shape index (κ3) is 6.31. The van der Waals surface area contributed by atoms with Gasteiger partial charge in [-0.15, -0.1) is 0 Å². The molecule has 0 radical (unpaired) electrons. The van der Waals surface area contributed by atoms with E-state index in [0.717, 1.165) is 18.9 Å². The molecule has 7 nitrogen and oxygen atoms in total. The maximum Gasteiger partial charge on any atom is 0.331 e. The van der Waals surface area contributed by atoms with Crippen molar-refractivity contribution in [1.82, 2.24) is 0 Å². The summed E-state index contributed by atoms with van der Waals surface area (Å²) in [5, 5.41) is 8.51. The Morgan fingerprint density at radius 1 is 1.09 bits per heavy atom. The van der Waals surface area contributed by atoms with Crippen LogP contribution in [0.5, 0.6) is 0 Å². The lowest BCUT2D eigenvalue weighted by Crippen LogP contribution is -2.55. The van der Waals surface area contributed by atoms with Crippen LogP contribution in [0.2, 0.25) is 0 Å². The first-order chi connectivity index (χ1) is 15.7. The average molecular weight is 459 g/mol. The van der Waals surface area contributed by atoms with Gasteiger partial charge in [0.1, 0.15) is 23.4 Å². The van der Waals surface area contributed by atoms with E-state index in [1.807, 2.05) is 0 Å². The second-order valence-corrected chi connectivity index (χ2v) is 9.18. The number of epoxide rings is 2. The first-order valence-corrected chi connectivity index (χ1v) is 11.3. The summed E-state index contributed by atoms with van der Waals surface area (Å²) in [6.45, 7) is 6.96. The molecule has 0 amide bonds. The number of methoxy groups -OCH3 is 1. The highest BCUT2D eigenvalue weighted by Crippen LogP contribution is 2.59. The van der Waals surface area contributed by atoms with Crippen LogP contribution in [-0.2, 0) is 28.5 Å². The van der Waals surface area contributed by atoms with Crippen LogP contribution in [0.1, 0.15) is 40.0 Å². The summed E-state index contributed by atoms with van der Waals surface area (Å²) >= 11 is 0. The van der Waals surface area contributed by atoms with Gasteiger partial charge in [0, 0.05) is 19.3 Å². The van der Waals surface area contributed by atoms with Gasteiger partial charge in [0.25, 0.3) is 0 Å². The van der Waals surface area contributed by atoms with Crippen molar-refractivity contribution in [3.05, 3.63) is 60.3 Å². The molecule has 0 aromatic rings. The van der Waals surface area contributed by atoms with Crippen LogP contribution in [0, 0.1) is 5.92 Å². The number of hydrogen-bond acceptors (Lipinski definition) is 6. The topological polar surface area (TPSA) is 97.9 Å². The number of hydrogen-bond donors (Lipinski definition) is 1. The zero-order valence-corrected chi connectivity index (χ0v) is 19.7. The molecule has 6 atom stereocenters. The summed E-state index contributed by atoms with van der Waals surface area (Å²) in [5.41, 5.74) is 0.642. The summed E-state index contributed by atoms with van der Waals surface area (Å²) in [4.78, 5) is 22.8. The lowest BCUT2D eigenvalue weighted by Gasteiger charge is -2.42. The van der Waals surface area contributed by atoms with Crippen molar-refractivity contribution in [2.45, 2.75) is 69.5 Å². The van der Waals surface area contributed by atoms with Crippen molar-refractivity contribution >= 4 is 11.9 Å². The third-order valence-corrected chi connectivity index (χ3v) is 6.53. The Morgan fingerprint density at radius 3 is 2.30 bits per heavy atom. The molecule has 0 bridgehead atoms. The Hall–Kier alpha value is -2.48. The van der Waals surface area contributed by atoms with Crippen LogP contribution < -0.4 is 0 Å². The Labute approximate surface area is 195 Å². The summed E-state index contributed by atoms with van der Waals surface area (Å²) in [6.07, 6.45) is 16.0. The number of rotatable bonds is 10. The fraction of sp³-hybridized carbons (Fsp3) is 0.538. The number of allylic oxidation sites excluding steroid dienone is 7. The highest BCUT2D eigenvalue weighted by atomic mass is 16.6. The van der Waals surface area contributed by atoms with Gasteiger partial charge < -0.3 is 24.1 Å². The molecule has 3 aliphatic rings. The van der Waals surface area contributed by atoms with E-state index in [4.69, 9.17) is 24.1 Å². The van der Waals surface area contributed by atoms with Crippen LogP contribution in [0.4, 0.5) is 0 Å². The maximum absolute atomic E-state index is 12.4. The molecule has 2 heterocycles. The Balaban J connectivity index is 1.59. The molecule has 2 aliphatic heterocycles. The number of ether oxygens (including phenoxy) is 4. The highest BCUT2D eigenvalue weighted by molar-refractivity contribution is 5.82. The predicted molar refractivity (Wildman–Crippen MR) is 124 cm³/mol. The number of carbonyl (C=O) groups excluding carboxylic acids is 1. The molecule has 0 aromatic heterocycles. The molecule has 7 heteroatoms. The number of carboxylic acid groups (broad SMARTS) is 1. The van der Waals surface area contributed by atoms with Gasteiger partial charge in [-0.1, -0.05) is 48.1 Å². The van der Waals surface area contributed by atoms with Crippen LogP contribution in [-0.4, -0.2) is 60.3 Å². The van der Waals surface area contributed by atoms with E-state index in [0.29, 0.717) is 13.0 Å². The molecule has 2 saturated heterocycles. The lowest BCUT2D eigenvalue weighted by molar-refractivity contribution is -0.166. The van der Waals surface area contributed by atoms with Crippen molar-refractivity contribution in [3.63, 3.8) is 0 Å². The second-order valence-electron chi connectivity index (χ2n) is 9.18. The minimum Gasteiger partial charge on any atom is -0.478 e. The first-order valence-electron chi connectivity index (χ1n) is 11.3.